The molecule has 8 nitrogen and oxygen atoms in total. The van der Waals surface area contributed by atoms with Crippen molar-refractivity contribution in [1.82, 2.24) is 16.0 Å². The van der Waals surface area contributed by atoms with E-state index in [2.05, 4.69) is 21.3 Å². The first kappa shape index (κ1) is 28.4. The van der Waals surface area contributed by atoms with E-state index >= 15 is 0 Å². The Labute approximate surface area is 224 Å². The van der Waals surface area contributed by atoms with E-state index in [9.17, 15) is 14.4 Å². The molecule has 200 valence electrons. The molecule has 0 saturated heterocycles. The third-order valence-electron chi connectivity index (χ3n) is 6.14. The number of amides is 4. The fourth-order valence-corrected chi connectivity index (χ4v) is 3.89. The minimum absolute atomic E-state index is 0.0238. The summed E-state index contributed by atoms with van der Waals surface area (Å²) in [6.45, 7) is 4.19. The van der Waals surface area contributed by atoms with Crippen molar-refractivity contribution in [2.24, 2.45) is 5.73 Å². The standard InChI is InChI=1S/C30H37N5O3/c1-30(2,31)28(37)35-26-13-7-5-9-23(26)11-8-14-27(36)33-19-21-15-17-22(18-16-21)25-12-6-4-10-24(25)20-34-29(38)32-3/h4-7,9-10,12-13,15-18H,8,11,14,19-20,31H2,1-3H3,(H,33,36)(H,35,37)(H2,32,34,38). The van der Waals surface area contributed by atoms with Crippen molar-refractivity contribution in [2.45, 2.75) is 51.7 Å². The molecule has 0 aliphatic heterocycles. The molecule has 0 aromatic heterocycles. The molecule has 0 aliphatic carbocycles. The molecule has 0 saturated carbocycles. The van der Waals surface area contributed by atoms with Crippen molar-refractivity contribution < 1.29 is 14.4 Å². The summed E-state index contributed by atoms with van der Waals surface area (Å²) < 4.78 is 0. The molecule has 3 aromatic carbocycles. The predicted octanol–water partition coefficient (Wildman–Crippen LogP) is 4.10. The smallest absolute Gasteiger partial charge is 0.314 e. The summed E-state index contributed by atoms with van der Waals surface area (Å²) in [4.78, 5) is 36.3. The van der Waals surface area contributed by atoms with Gasteiger partial charge in [0.25, 0.3) is 0 Å². The number of rotatable bonds is 11. The van der Waals surface area contributed by atoms with E-state index in [0.717, 1.165) is 33.5 Å². The average molecular weight is 516 g/mol. The van der Waals surface area contributed by atoms with Crippen LogP contribution in [0.2, 0.25) is 0 Å². The van der Waals surface area contributed by atoms with Gasteiger partial charge in [-0.1, -0.05) is 66.7 Å². The van der Waals surface area contributed by atoms with Crippen LogP contribution in [0.3, 0.4) is 0 Å². The Kier molecular flexibility index (Phi) is 10.0. The van der Waals surface area contributed by atoms with Crippen molar-refractivity contribution in [3.8, 4) is 11.1 Å². The van der Waals surface area contributed by atoms with Crippen LogP contribution in [0.5, 0.6) is 0 Å². The van der Waals surface area contributed by atoms with Crippen molar-refractivity contribution in [3.63, 3.8) is 0 Å². The zero-order valence-corrected chi connectivity index (χ0v) is 22.3. The third kappa shape index (κ3) is 8.45. The van der Waals surface area contributed by atoms with Gasteiger partial charge in [-0.05, 0) is 60.6 Å². The summed E-state index contributed by atoms with van der Waals surface area (Å²) in [5.74, 6) is -0.276. The SMILES string of the molecule is CNC(=O)NCc1ccccc1-c1ccc(CNC(=O)CCCc2ccccc2NC(=O)C(C)(C)N)cc1. The highest BCUT2D eigenvalue weighted by molar-refractivity contribution is 5.97. The van der Waals surface area contributed by atoms with E-state index in [0.29, 0.717) is 32.4 Å². The third-order valence-corrected chi connectivity index (χ3v) is 6.14. The maximum Gasteiger partial charge on any atom is 0.314 e. The Bertz CT molecular complexity index is 1250. The van der Waals surface area contributed by atoms with Gasteiger partial charge < -0.3 is 27.0 Å². The molecule has 3 rings (SSSR count). The topological polar surface area (TPSA) is 125 Å². The molecule has 38 heavy (non-hydrogen) atoms. The fourth-order valence-electron chi connectivity index (χ4n) is 3.89. The maximum absolute atomic E-state index is 12.4. The number of benzene rings is 3. The number of urea groups is 1. The summed E-state index contributed by atoms with van der Waals surface area (Å²) in [6, 6.07) is 23.3. The Morgan fingerprint density at radius 3 is 2.16 bits per heavy atom. The first-order chi connectivity index (χ1) is 18.2. The number of aryl methyl sites for hydroxylation is 1. The number of carbonyl (C=O) groups excluding carboxylic acids is 3. The van der Waals surface area contributed by atoms with Crippen LogP contribution in [0, 0.1) is 0 Å². The Balaban J connectivity index is 1.49. The Hall–Kier alpha value is -4.17. The molecule has 6 N–H and O–H groups in total. The average Bonchev–Trinajstić information content (AvgIpc) is 2.91. The van der Waals surface area contributed by atoms with E-state index in [1.165, 1.54) is 0 Å². The van der Waals surface area contributed by atoms with Crippen LogP contribution in [0.15, 0.2) is 72.8 Å². The van der Waals surface area contributed by atoms with Gasteiger partial charge in [-0.25, -0.2) is 4.79 Å². The minimum Gasteiger partial charge on any atom is -0.352 e. The molecule has 0 fully saturated rings. The summed E-state index contributed by atoms with van der Waals surface area (Å²) in [6.07, 6.45) is 1.71. The van der Waals surface area contributed by atoms with E-state index < -0.39 is 5.54 Å². The van der Waals surface area contributed by atoms with Crippen molar-refractivity contribution >= 4 is 23.5 Å². The second kappa shape index (κ2) is 13.4. The summed E-state index contributed by atoms with van der Waals surface area (Å²) >= 11 is 0. The first-order valence-corrected chi connectivity index (χ1v) is 12.7. The monoisotopic (exact) mass is 515 g/mol. The van der Waals surface area contributed by atoms with Gasteiger partial charge in [-0.15, -0.1) is 0 Å². The Morgan fingerprint density at radius 2 is 1.47 bits per heavy atom. The highest BCUT2D eigenvalue weighted by atomic mass is 16.2. The number of hydrogen-bond acceptors (Lipinski definition) is 4. The highest BCUT2D eigenvalue weighted by Gasteiger charge is 2.22. The first-order valence-electron chi connectivity index (χ1n) is 12.7. The number of nitrogens with one attached hydrogen (secondary N) is 4. The molecule has 0 bridgehead atoms. The lowest BCUT2D eigenvalue weighted by molar-refractivity contribution is -0.121. The van der Waals surface area contributed by atoms with Crippen molar-refractivity contribution in [1.29, 1.82) is 0 Å². The maximum atomic E-state index is 12.4. The van der Waals surface area contributed by atoms with Crippen LogP contribution in [-0.2, 0) is 29.1 Å². The predicted molar refractivity (Wildman–Crippen MR) is 151 cm³/mol. The zero-order chi connectivity index (χ0) is 27.5. The van der Waals surface area contributed by atoms with E-state index in [1.807, 2.05) is 72.8 Å². The van der Waals surface area contributed by atoms with E-state index in [4.69, 9.17) is 5.73 Å². The minimum atomic E-state index is -0.974. The van der Waals surface area contributed by atoms with Gasteiger partial charge in [-0.3, -0.25) is 9.59 Å². The normalized spacial score (nSPS) is 10.9. The van der Waals surface area contributed by atoms with Crippen molar-refractivity contribution in [2.75, 3.05) is 12.4 Å². The number of anilines is 1. The van der Waals surface area contributed by atoms with Gasteiger partial charge >= 0.3 is 6.03 Å². The second-order valence-corrected chi connectivity index (χ2v) is 9.75. The van der Waals surface area contributed by atoms with Crippen LogP contribution in [0.1, 0.15) is 43.4 Å². The Morgan fingerprint density at radius 1 is 0.816 bits per heavy atom. The van der Waals surface area contributed by atoms with Gasteiger partial charge in [0.15, 0.2) is 0 Å². The largest absolute Gasteiger partial charge is 0.352 e. The van der Waals surface area contributed by atoms with Crippen LogP contribution in [-0.4, -0.2) is 30.4 Å². The molecule has 0 heterocycles. The van der Waals surface area contributed by atoms with Crippen LogP contribution in [0.4, 0.5) is 10.5 Å². The molecular weight excluding hydrogens is 478 g/mol. The van der Waals surface area contributed by atoms with Crippen LogP contribution in [0.25, 0.3) is 11.1 Å². The molecule has 0 unspecified atom stereocenters. The van der Waals surface area contributed by atoms with Gasteiger partial charge in [0, 0.05) is 32.2 Å². The van der Waals surface area contributed by atoms with Crippen LogP contribution >= 0.6 is 0 Å². The lowest BCUT2D eigenvalue weighted by atomic mass is 9.98. The zero-order valence-electron chi connectivity index (χ0n) is 22.3. The molecule has 0 atom stereocenters. The van der Waals surface area contributed by atoms with E-state index in [1.54, 1.807) is 20.9 Å². The molecule has 3 aromatic rings. The molecular formula is C30H37N5O3. The molecule has 0 aliphatic rings. The highest BCUT2D eigenvalue weighted by Crippen LogP contribution is 2.24. The second-order valence-electron chi connectivity index (χ2n) is 9.75. The van der Waals surface area contributed by atoms with Gasteiger partial charge in [0.2, 0.25) is 11.8 Å². The fraction of sp³-hybridized carbons (Fsp3) is 0.300. The number of nitrogens with two attached hydrogens (primary N) is 1. The number of carbonyl (C=O) groups is 3. The molecule has 0 spiro atoms. The molecule has 0 radical (unpaired) electrons. The number of para-hydroxylation sites is 1. The van der Waals surface area contributed by atoms with Crippen LogP contribution < -0.4 is 27.0 Å². The van der Waals surface area contributed by atoms with E-state index in [-0.39, 0.29) is 17.8 Å². The van der Waals surface area contributed by atoms with Gasteiger partial charge in [-0.2, -0.15) is 0 Å². The summed E-state index contributed by atoms with van der Waals surface area (Å²) in [5.41, 5.74) is 10.7. The molecule has 8 heteroatoms. The summed E-state index contributed by atoms with van der Waals surface area (Å²) in [7, 11) is 1.59. The lowest BCUT2D eigenvalue weighted by Crippen LogP contribution is -2.45. The molecule has 4 amide bonds. The quantitative estimate of drug-likeness (QED) is 0.264. The summed E-state index contributed by atoms with van der Waals surface area (Å²) in [5, 5.41) is 11.2. The van der Waals surface area contributed by atoms with Crippen molar-refractivity contribution in [3.05, 3.63) is 89.5 Å². The van der Waals surface area contributed by atoms with Gasteiger partial charge in [0.1, 0.15) is 0 Å². The number of hydrogen-bond donors (Lipinski definition) is 5. The van der Waals surface area contributed by atoms with Gasteiger partial charge in [0.05, 0.1) is 5.54 Å². The lowest BCUT2D eigenvalue weighted by Gasteiger charge is -2.19.